The lowest BCUT2D eigenvalue weighted by Gasteiger charge is -2.13. The molecule has 0 aliphatic carbocycles. The molecule has 0 saturated heterocycles. The zero-order chi connectivity index (χ0) is 17.2. The van der Waals surface area contributed by atoms with Gasteiger partial charge in [0, 0.05) is 10.9 Å². The summed E-state index contributed by atoms with van der Waals surface area (Å²) in [5, 5.41) is 1.14. The Labute approximate surface area is 148 Å². The van der Waals surface area contributed by atoms with Crippen LogP contribution in [0.2, 0.25) is 0 Å². The Morgan fingerprint density at radius 1 is 0.640 bits per heavy atom. The molecule has 0 atom stereocenters. The van der Waals surface area contributed by atoms with E-state index in [9.17, 15) is 0 Å². The molecular weight excluding hydrogens is 304 g/mol. The summed E-state index contributed by atoms with van der Waals surface area (Å²) in [6.07, 6.45) is 0. The van der Waals surface area contributed by atoms with Crippen molar-refractivity contribution in [3.05, 3.63) is 84.6 Å². The molecule has 0 aliphatic heterocycles. The van der Waals surface area contributed by atoms with Crippen LogP contribution in [0.4, 0.5) is 0 Å². The van der Waals surface area contributed by atoms with Gasteiger partial charge >= 0.3 is 0 Å². The van der Waals surface area contributed by atoms with Gasteiger partial charge in [-0.1, -0.05) is 86.6 Å². The Kier molecular flexibility index (Phi) is 4.02. The number of hydrogen-bond acceptors (Lipinski definition) is 2. The highest BCUT2D eigenvalue weighted by molar-refractivity contribution is 5.86. The van der Waals surface area contributed by atoms with Gasteiger partial charge < -0.3 is 0 Å². The third-order valence-electron chi connectivity index (χ3n) is 4.43. The zero-order valence-corrected chi connectivity index (χ0v) is 14.5. The number of fused-ring (bicyclic) bond motifs is 1. The van der Waals surface area contributed by atoms with Gasteiger partial charge in [0.15, 0.2) is 5.82 Å². The van der Waals surface area contributed by atoms with Crippen molar-refractivity contribution in [3.8, 4) is 22.5 Å². The summed E-state index contributed by atoms with van der Waals surface area (Å²) >= 11 is 0. The Morgan fingerprint density at radius 3 is 2.04 bits per heavy atom. The van der Waals surface area contributed by atoms with Crippen LogP contribution in [0.25, 0.3) is 33.4 Å². The van der Waals surface area contributed by atoms with E-state index in [4.69, 9.17) is 9.97 Å². The average Bonchev–Trinajstić information content (AvgIpc) is 2.67. The van der Waals surface area contributed by atoms with Gasteiger partial charge in [-0.05, 0) is 23.1 Å². The zero-order valence-electron chi connectivity index (χ0n) is 14.5. The fourth-order valence-corrected chi connectivity index (χ4v) is 3.21. The van der Waals surface area contributed by atoms with Crippen molar-refractivity contribution in [2.45, 2.75) is 19.8 Å². The highest BCUT2D eigenvalue weighted by Crippen LogP contribution is 2.32. The number of aromatic nitrogens is 2. The predicted molar refractivity (Wildman–Crippen MR) is 104 cm³/mol. The monoisotopic (exact) mass is 324 g/mol. The Balaban J connectivity index is 1.97. The van der Waals surface area contributed by atoms with E-state index in [0.717, 1.165) is 33.5 Å². The van der Waals surface area contributed by atoms with E-state index < -0.39 is 0 Å². The van der Waals surface area contributed by atoms with E-state index in [1.54, 1.807) is 0 Å². The van der Waals surface area contributed by atoms with E-state index in [2.05, 4.69) is 80.6 Å². The van der Waals surface area contributed by atoms with Crippen molar-refractivity contribution in [3.63, 3.8) is 0 Å². The lowest BCUT2D eigenvalue weighted by molar-refractivity contribution is 0.831. The molecule has 1 heterocycles. The first kappa shape index (κ1) is 15.5. The summed E-state index contributed by atoms with van der Waals surface area (Å²) in [6.45, 7) is 4.36. The largest absolute Gasteiger partial charge is 0.232 e. The molecule has 0 bridgehead atoms. The molecule has 0 spiro atoms. The number of rotatable bonds is 3. The van der Waals surface area contributed by atoms with Crippen molar-refractivity contribution >= 4 is 10.9 Å². The van der Waals surface area contributed by atoms with E-state index >= 15 is 0 Å². The normalized spacial score (nSPS) is 11.2. The van der Waals surface area contributed by atoms with Crippen molar-refractivity contribution in [2.75, 3.05) is 0 Å². The van der Waals surface area contributed by atoms with Gasteiger partial charge in [0.25, 0.3) is 0 Å². The van der Waals surface area contributed by atoms with Crippen molar-refractivity contribution < 1.29 is 0 Å². The third-order valence-corrected chi connectivity index (χ3v) is 4.43. The fourth-order valence-electron chi connectivity index (χ4n) is 3.21. The Morgan fingerprint density at radius 2 is 1.28 bits per heavy atom. The maximum Gasteiger partial charge on any atom is 0.160 e. The lowest BCUT2D eigenvalue weighted by atomic mass is 9.98. The van der Waals surface area contributed by atoms with Crippen LogP contribution in [0.5, 0.6) is 0 Å². The number of para-hydroxylation sites is 1. The van der Waals surface area contributed by atoms with Gasteiger partial charge in [-0.3, -0.25) is 0 Å². The summed E-state index contributed by atoms with van der Waals surface area (Å²) in [5.41, 5.74) is 5.51. The van der Waals surface area contributed by atoms with Crippen LogP contribution in [0.3, 0.4) is 0 Å². The van der Waals surface area contributed by atoms with Crippen molar-refractivity contribution in [2.24, 2.45) is 0 Å². The minimum Gasteiger partial charge on any atom is -0.232 e. The maximum absolute atomic E-state index is 4.95. The Bertz CT molecular complexity index is 1020. The molecule has 0 radical (unpaired) electrons. The fraction of sp³-hybridized carbons (Fsp3) is 0.130. The minimum atomic E-state index is 0.343. The van der Waals surface area contributed by atoms with Gasteiger partial charge in [0.2, 0.25) is 0 Å². The smallest absolute Gasteiger partial charge is 0.160 e. The van der Waals surface area contributed by atoms with Crippen LogP contribution in [0.1, 0.15) is 25.5 Å². The molecule has 1 aromatic heterocycles. The second-order valence-electron chi connectivity index (χ2n) is 6.52. The maximum atomic E-state index is 4.95. The molecule has 3 aromatic carbocycles. The molecule has 2 heteroatoms. The number of hydrogen-bond donors (Lipinski definition) is 0. The highest BCUT2D eigenvalue weighted by atomic mass is 14.9. The molecule has 122 valence electrons. The third kappa shape index (κ3) is 2.91. The number of benzene rings is 3. The van der Waals surface area contributed by atoms with Crippen LogP contribution in [0, 0.1) is 0 Å². The summed E-state index contributed by atoms with van der Waals surface area (Å²) in [5.74, 6) is 1.14. The standard InChI is InChI=1S/C23H20N2/c1-16(2)22-20-14-8-9-15-21(20)24-23(25-22)19-13-7-6-12-18(19)17-10-4-3-5-11-17/h3-16H,1-2H3. The van der Waals surface area contributed by atoms with Gasteiger partial charge in [-0.2, -0.15) is 0 Å². The quantitative estimate of drug-likeness (QED) is 0.456. The molecule has 0 N–H and O–H groups in total. The molecule has 0 unspecified atom stereocenters. The van der Waals surface area contributed by atoms with Gasteiger partial charge in [-0.25, -0.2) is 9.97 Å². The van der Waals surface area contributed by atoms with Gasteiger partial charge in [0.05, 0.1) is 11.2 Å². The van der Waals surface area contributed by atoms with E-state index in [1.165, 1.54) is 5.56 Å². The first-order valence-electron chi connectivity index (χ1n) is 8.65. The Hall–Kier alpha value is -3.00. The molecule has 25 heavy (non-hydrogen) atoms. The first-order chi connectivity index (χ1) is 12.2. The molecule has 0 saturated carbocycles. The summed E-state index contributed by atoms with van der Waals surface area (Å²) < 4.78 is 0. The molecule has 0 amide bonds. The topological polar surface area (TPSA) is 25.8 Å². The summed E-state index contributed by atoms with van der Waals surface area (Å²) in [6, 6.07) is 27.0. The minimum absolute atomic E-state index is 0.343. The van der Waals surface area contributed by atoms with E-state index in [1.807, 2.05) is 12.1 Å². The van der Waals surface area contributed by atoms with E-state index in [-0.39, 0.29) is 0 Å². The van der Waals surface area contributed by atoms with E-state index in [0.29, 0.717) is 5.92 Å². The van der Waals surface area contributed by atoms with Crippen molar-refractivity contribution in [1.29, 1.82) is 0 Å². The summed E-state index contributed by atoms with van der Waals surface area (Å²) in [7, 11) is 0. The van der Waals surface area contributed by atoms with Gasteiger partial charge in [-0.15, -0.1) is 0 Å². The molecule has 2 nitrogen and oxygen atoms in total. The molecular formula is C23H20N2. The predicted octanol–water partition coefficient (Wildman–Crippen LogP) is 6.09. The number of nitrogens with zero attached hydrogens (tertiary/aromatic N) is 2. The SMILES string of the molecule is CC(C)c1nc(-c2ccccc2-c2ccccc2)nc2ccccc12. The van der Waals surface area contributed by atoms with Gasteiger partial charge in [0.1, 0.15) is 0 Å². The molecule has 4 rings (SSSR count). The first-order valence-corrected chi connectivity index (χ1v) is 8.65. The van der Waals surface area contributed by atoms with Crippen LogP contribution in [-0.2, 0) is 0 Å². The summed E-state index contributed by atoms with van der Waals surface area (Å²) in [4.78, 5) is 9.81. The van der Waals surface area contributed by atoms with Crippen LogP contribution in [0.15, 0.2) is 78.9 Å². The average molecular weight is 324 g/mol. The lowest BCUT2D eigenvalue weighted by Crippen LogP contribution is -2.00. The molecule has 0 fully saturated rings. The van der Waals surface area contributed by atoms with Crippen LogP contribution >= 0.6 is 0 Å². The molecule has 4 aromatic rings. The molecule has 0 aliphatic rings. The second-order valence-corrected chi connectivity index (χ2v) is 6.52. The van der Waals surface area contributed by atoms with Crippen LogP contribution < -0.4 is 0 Å². The van der Waals surface area contributed by atoms with Crippen molar-refractivity contribution in [1.82, 2.24) is 9.97 Å². The second kappa shape index (κ2) is 6.48. The van der Waals surface area contributed by atoms with Crippen LogP contribution in [-0.4, -0.2) is 9.97 Å². The highest BCUT2D eigenvalue weighted by Gasteiger charge is 2.14.